The Balaban J connectivity index is 1.70. The van der Waals surface area contributed by atoms with Gasteiger partial charge < -0.3 is 10.5 Å². The van der Waals surface area contributed by atoms with E-state index in [0.717, 1.165) is 31.4 Å². The van der Waals surface area contributed by atoms with Gasteiger partial charge in [-0.2, -0.15) is 0 Å². The molecule has 2 bridgehead atoms. The van der Waals surface area contributed by atoms with Crippen molar-refractivity contribution in [1.82, 2.24) is 0 Å². The summed E-state index contributed by atoms with van der Waals surface area (Å²) in [7, 11) is 0. The van der Waals surface area contributed by atoms with Crippen molar-refractivity contribution < 1.29 is 13.5 Å². The Kier molecular flexibility index (Phi) is 3.08. The molecule has 0 saturated carbocycles. The number of ether oxygens (including phenoxy) is 1. The fraction of sp³-hybridized carbons (Fsp3) is 0.571. The zero-order valence-corrected chi connectivity index (χ0v) is 10.1. The zero-order chi connectivity index (χ0) is 12.7. The molecule has 0 amide bonds. The van der Waals surface area contributed by atoms with Crippen molar-refractivity contribution in [2.75, 3.05) is 0 Å². The van der Waals surface area contributed by atoms with Crippen LogP contribution in [-0.2, 0) is 11.2 Å². The lowest BCUT2D eigenvalue weighted by atomic mass is 9.82. The highest BCUT2D eigenvalue weighted by Gasteiger charge is 2.43. The van der Waals surface area contributed by atoms with Crippen LogP contribution in [0.2, 0.25) is 0 Å². The second kappa shape index (κ2) is 4.59. The molecule has 0 radical (unpaired) electrons. The van der Waals surface area contributed by atoms with Crippen molar-refractivity contribution in [1.29, 1.82) is 0 Å². The number of hydrogen-bond acceptors (Lipinski definition) is 2. The van der Waals surface area contributed by atoms with Crippen molar-refractivity contribution in [2.24, 2.45) is 11.7 Å². The van der Waals surface area contributed by atoms with Gasteiger partial charge in [0.05, 0.1) is 12.2 Å². The summed E-state index contributed by atoms with van der Waals surface area (Å²) in [5.41, 5.74) is 6.51. The van der Waals surface area contributed by atoms with Gasteiger partial charge in [-0.15, -0.1) is 0 Å². The molecule has 0 spiro atoms. The molecular formula is C14H17F2NO. The first-order valence-corrected chi connectivity index (χ1v) is 6.48. The molecule has 0 aliphatic carbocycles. The summed E-state index contributed by atoms with van der Waals surface area (Å²) in [6.45, 7) is 0. The quantitative estimate of drug-likeness (QED) is 0.897. The molecule has 3 rings (SSSR count). The number of fused-ring (bicyclic) bond motifs is 2. The van der Waals surface area contributed by atoms with Crippen molar-refractivity contribution >= 4 is 0 Å². The Bertz CT molecular complexity index is 451. The minimum atomic E-state index is -0.414. The van der Waals surface area contributed by atoms with Gasteiger partial charge in [0.2, 0.25) is 0 Å². The monoisotopic (exact) mass is 253 g/mol. The predicted octanol–water partition coefficient (Wildman–Crippen LogP) is 2.40. The van der Waals surface area contributed by atoms with E-state index >= 15 is 0 Å². The van der Waals surface area contributed by atoms with Crippen LogP contribution in [0, 0.1) is 17.6 Å². The van der Waals surface area contributed by atoms with E-state index in [9.17, 15) is 8.78 Å². The van der Waals surface area contributed by atoms with Gasteiger partial charge in [-0.3, -0.25) is 0 Å². The highest BCUT2D eigenvalue weighted by Crippen LogP contribution is 2.40. The Labute approximate surface area is 105 Å². The normalized spacial score (nSPS) is 31.8. The molecule has 2 N–H and O–H groups in total. The molecule has 2 nitrogen and oxygen atoms in total. The Morgan fingerprint density at radius 2 is 2.17 bits per heavy atom. The summed E-state index contributed by atoms with van der Waals surface area (Å²) >= 11 is 0. The van der Waals surface area contributed by atoms with E-state index < -0.39 is 5.82 Å². The van der Waals surface area contributed by atoms with Gasteiger partial charge in [0, 0.05) is 12.0 Å². The van der Waals surface area contributed by atoms with Crippen molar-refractivity contribution in [3.05, 3.63) is 35.4 Å². The van der Waals surface area contributed by atoms with E-state index in [4.69, 9.17) is 10.5 Å². The van der Waals surface area contributed by atoms with Gasteiger partial charge in [-0.05, 0) is 49.4 Å². The van der Waals surface area contributed by atoms with Crippen LogP contribution in [0.3, 0.4) is 0 Å². The van der Waals surface area contributed by atoms with Crippen LogP contribution in [0.1, 0.15) is 24.8 Å². The first-order chi connectivity index (χ1) is 8.63. The SMILES string of the molecule is NC(Cc1cc(F)ccc1F)C1CC2CCC1O2. The molecule has 2 aliphatic rings. The van der Waals surface area contributed by atoms with Crippen LogP contribution in [-0.4, -0.2) is 18.2 Å². The minimum Gasteiger partial charge on any atom is -0.375 e. The van der Waals surface area contributed by atoms with Crippen LogP contribution >= 0.6 is 0 Å². The van der Waals surface area contributed by atoms with Crippen LogP contribution < -0.4 is 5.73 Å². The maximum Gasteiger partial charge on any atom is 0.126 e. The third-order valence-corrected chi connectivity index (χ3v) is 4.17. The molecule has 98 valence electrons. The fourth-order valence-electron chi connectivity index (χ4n) is 3.23. The largest absolute Gasteiger partial charge is 0.375 e. The Hall–Kier alpha value is -1.00. The van der Waals surface area contributed by atoms with E-state index in [-0.39, 0.29) is 23.9 Å². The summed E-state index contributed by atoms with van der Waals surface area (Å²) < 4.78 is 32.4. The molecule has 2 fully saturated rings. The maximum absolute atomic E-state index is 13.6. The lowest BCUT2D eigenvalue weighted by Crippen LogP contribution is -2.38. The maximum atomic E-state index is 13.6. The smallest absolute Gasteiger partial charge is 0.126 e. The fourth-order valence-corrected chi connectivity index (χ4v) is 3.23. The molecule has 1 aromatic carbocycles. The highest BCUT2D eigenvalue weighted by molar-refractivity contribution is 5.20. The molecule has 2 heterocycles. The number of nitrogens with two attached hydrogens (primary N) is 1. The lowest BCUT2D eigenvalue weighted by Gasteiger charge is -2.25. The minimum absolute atomic E-state index is 0.156. The van der Waals surface area contributed by atoms with Crippen molar-refractivity contribution in [3.63, 3.8) is 0 Å². The van der Waals surface area contributed by atoms with Gasteiger partial charge in [-0.25, -0.2) is 8.78 Å². The summed E-state index contributed by atoms with van der Waals surface area (Å²) in [6.07, 6.45) is 4.06. The number of benzene rings is 1. The molecule has 4 atom stereocenters. The van der Waals surface area contributed by atoms with Crippen LogP contribution in [0.5, 0.6) is 0 Å². The van der Waals surface area contributed by atoms with Crippen LogP contribution in [0.25, 0.3) is 0 Å². The topological polar surface area (TPSA) is 35.2 Å². The lowest BCUT2D eigenvalue weighted by molar-refractivity contribution is 0.0884. The van der Waals surface area contributed by atoms with Crippen LogP contribution in [0.15, 0.2) is 18.2 Å². The van der Waals surface area contributed by atoms with E-state index in [0.29, 0.717) is 18.1 Å². The first kappa shape index (κ1) is 12.1. The number of rotatable bonds is 3. The standard InChI is InChI=1S/C14H17F2NO/c15-9-1-3-12(16)8(5-9)6-13(17)11-7-10-2-4-14(11)18-10/h1,3,5,10-11,13-14H,2,4,6-7,17H2. The van der Waals surface area contributed by atoms with E-state index in [1.807, 2.05) is 0 Å². The van der Waals surface area contributed by atoms with E-state index in [2.05, 4.69) is 0 Å². The molecule has 0 aromatic heterocycles. The third kappa shape index (κ3) is 2.15. The van der Waals surface area contributed by atoms with Gasteiger partial charge in [0.25, 0.3) is 0 Å². The number of halogens is 2. The zero-order valence-electron chi connectivity index (χ0n) is 10.1. The molecule has 18 heavy (non-hydrogen) atoms. The summed E-state index contributed by atoms with van der Waals surface area (Å²) in [5, 5.41) is 0. The second-order valence-electron chi connectivity index (χ2n) is 5.38. The molecule has 2 aliphatic heterocycles. The van der Waals surface area contributed by atoms with Crippen molar-refractivity contribution in [3.8, 4) is 0 Å². The Morgan fingerprint density at radius 1 is 1.33 bits per heavy atom. The van der Waals surface area contributed by atoms with Crippen LogP contribution in [0.4, 0.5) is 8.78 Å². The average Bonchev–Trinajstić information content (AvgIpc) is 2.96. The third-order valence-electron chi connectivity index (χ3n) is 4.17. The summed E-state index contributed by atoms with van der Waals surface area (Å²) in [4.78, 5) is 0. The molecule has 4 unspecified atom stereocenters. The number of hydrogen-bond donors (Lipinski definition) is 1. The van der Waals surface area contributed by atoms with Gasteiger partial charge in [-0.1, -0.05) is 0 Å². The summed E-state index contributed by atoms with van der Waals surface area (Å²) in [6, 6.07) is 3.37. The molecule has 2 saturated heterocycles. The van der Waals surface area contributed by atoms with E-state index in [1.165, 1.54) is 6.07 Å². The summed E-state index contributed by atoms with van der Waals surface area (Å²) in [5.74, 6) is -0.509. The average molecular weight is 253 g/mol. The van der Waals surface area contributed by atoms with Gasteiger partial charge in [0.1, 0.15) is 11.6 Å². The first-order valence-electron chi connectivity index (χ1n) is 6.48. The molecular weight excluding hydrogens is 236 g/mol. The van der Waals surface area contributed by atoms with Crippen molar-refractivity contribution in [2.45, 2.75) is 43.9 Å². The Morgan fingerprint density at radius 3 is 2.83 bits per heavy atom. The molecule has 4 heteroatoms. The van der Waals surface area contributed by atoms with E-state index in [1.54, 1.807) is 0 Å². The predicted molar refractivity (Wildman–Crippen MR) is 64.0 cm³/mol. The molecule has 1 aromatic rings. The highest BCUT2D eigenvalue weighted by atomic mass is 19.1. The second-order valence-corrected chi connectivity index (χ2v) is 5.38. The van der Waals surface area contributed by atoms with Gasteiger partial charge in [0.15, 0.2) is 0 Å². The van der Waals surface area contributed by atoms with Gasteiger partial charge >= 0.3 is 0 Å².